The lowest BCUT2D eigenvalue weighted by Gasteiger charge is -2.32. The van der Waals surface area contributed by atoms with Crippen LogP contribution in [0.3, 0.4) is 0 Å². The minimum Gasteiger partial charge on any atom is -0.390 e. The first-order chi connectivity index (χ1) is 11.8. The van der Waals surface area contributed by atoms with E-state index in [2.05, 4.69) is 30.0 Å². The lowest BCUT2D eigenvalue weighted by atomic mass is 10.1. The average molecular weight is 331 g/mol. The van der Waals surface area contributed by atoms with Crippen LogP contribution in [0.4, 0.5) is 0 Å². The van der Waals surface area contributed by atoms with Crippen LogP contribution in [-0.4, -0.2) is 52.9 Å². The largest absolute Gasteiger partial charge is 0.390 e. The number of hydrogen-bond donors (Lipinski definition) is 1. The van der Waals surface area contributed by atoms with Crippen molar-refractivity contribution < 1.29 is 5.11 Å². The monoisotopic (exact) mass is 331 g/mol. The number of fused-ring (bicyclic) bond motifs is 1. The number of nitrogens with zero attached hydrogens (tertiary/aromatic N) is 7. The van der Waals surface area contributed by atoms with Crippen molar-refractivity contribution in [3.05, 3.63) is 23.5 Å². The molecular weight excluding hydrogens is 306 g/mol. The maximum absolute atomic E-state index is 9.16. The summed E-state index contributed by atoms with van der Waals surface area (Å²) in [5, 5.41) is 26.2. The molecule has 0 radical (unpaired) electrons. The van der Waals surface area contributed by atoms with Crippen molar-refractivity contribution in [2.24, 2.45) is 0 Å². The Bertz CT molecular complexity index is 680. The molecular formula is C16H25N7O. The Morgan fingerprint density at radius 1 is 1.08 bits per heavy atom. The summed E-state index contributed by atoms with van der Waals surface area (Å²) in [6.07, 6.45) is 8.89. The van der Waals surface area contributed by atoms with Gasteiger partial charge in [0, 0.05) is 19.5 Å². The first kappa shape index (κ1) is 15.7. The molecule has 0 amide bonds. The molecule has 8 nitrogen and oxygen atoms in total. The number of aliphatic hydroxyl groups is 1. The van der Waals surface area contributed by atoms with E-state index in [0.29, 0.717) is 11.7 Å². The highest BCUT2D eigenvalue weighted by atomic mass is 16.3. The van der Waals surface area contributed by atoms with E-state index in [1.165, 1.54) is 19.3 Å². The summed E-state index contributed by atoms with van der Waals surface area (Å²) in [6.45, 7) is 3.88. The van der Waals surface area contributed by atoms with Crippen molar-refractivity contribution in [2.45, 2.75) is 64.3 Å². The highest BCUT2D eigenvalue weighted by molar-refractivity contribution is 4.99. The van der Waals surface area contributed by atoms with Crippen molar-refractivity contribution in [1.29, 1.82) is 0 Å². The molecule has 24 heavy (non-hydrogen) atoms. The molecule has 0 aromatic carbocycles. The zero-order valence-corrected chi connectivity index (χ0v) is 14.0. The molecule has 130 valence electrons. The maximum atomic E-state index is 9.16. The van der Waals surface area contributed by atoms with E-state index in [1.54, 1.807) is 0 Å². The molecule has 2 aliphatic heterocycles. The SMILES string of the molecule is OCc1cn(C2CCCN(Cc3nnc4n3CCCCC4)C2)nn1. The number of likely N-dealkylation sites (tertiary alicyclic amines) is 1. The second-order valence-electron chi connectivity index (χ2n) is 6.87. The van der Waals surface area contributed by atoms with Crippen LogP contribution < -0.4 is 0 Å². The topological polar surface area (TPSA) is 84.9 Å². The van der Waals surface area contributed by atoms with E-state index in [1.807, 2.05) is 10.9 Å². The molecule has 1 atom stereocenters. The van der Waals surface area contributed by atoms with Crippen LogP contribution in [0.25, 0.3) is 0 Å². The van der Waals surface area contributed by atoms with Gasteiger partial charge in [-0.3, -0.25) is 4.90 Å². The summed E-state index contributed by atoms with van der Waals surface area (Å²) >= 11 is 0. The molecule has 8 heteroatoms. The fourth-order valence-corrected chi connectivity index (χ4v) is 3.82. The van der Waals surface area contributed by atoms with E-state index < -0.39 is 0 Å². The minimum atomic E-state index is -0.0533. The Morgan fingerprint density at radius 2 is 2.04 bits per heavy atom. The molecule has 0 aliphatic carbocycles. The molecule has 1 unspecified atom stereocenters. The van der Waals surface area contributed by atoms with Crippen LogP contribution in [0.2, 0.25) is 0 Å². The molecule has 1 N–H and O–H groups in total. The second kappa shape index (κ2) is 6.98. The van der Waals surface area contributed by atoms with Gasteiger partial charge in [0.1, 0.15) is 17.3 Å². The summed E-state index contributed by atoms with van der Waals surface area (Å²) in [5.41, 5.74) is 0.634. The lowest BCUT2D eigenvalue weighted by Crippen LogP contribution is -2.37. The fourth-order valence-electron chi connectivity index (χ4n) is 3.82. The van der Waals surface area contributed by atoms with Crippen LogP contribution in [0.5, 0.6) is 0 Å². The highest BCUT2D eigenvalue weighted by Gasteiger charge is 2.24. The number of rotatable bonds is 4. The molecule has 2 aromatic heterocycles. The first-order valence-corrected chi connectivity index (χ1v) is 8.98. The number of piperidine rings is 1. The van der Waals surface area contributed by atoms with Crippen molar-refractivity contribution in [1.82, 2.24) is 34.7 Å². The molecule has 2 aliphatic rings. The Morgan fingerprint density at radius 3 is 2.92 bits per heavy atom. The van der Waals surface area contributed by atoms with Gasteiger partial charge in [-0.15, -0.1) is 15.3 Å². The number of aryl methyl sites for hydroxylation is 1. The Kier molecular flexibility index (Phi) is 4.57. The molecule has 2 aromatic rings. The van der Waals surface area contributed by atoms with Gasteiger partial charge in [-0.1, -0.05) is 11.6 Å². The first-order valence-electron chi connectivity index (χ1n) is 8.98. The van der Waals surface area contributed by atoms with Crippen molar-refractivity contribution in [3.8, 4) is 0 Å². The zero-order chi connectivity index (χ0) is 16.4. The third kappa shape index (κ3) is 3.21. The Hall–Kier alpha value is -1.80. The van der Waals surface area contributed by atoms with Crippen LogP contribution >= 0.6 is 0 Å². The standard InChI is InChI=1S/C16H25N7O/c24-12-13-9-23(20-17-13)14-5-4-7-21(10-14)11-16-19-18-15-6-2-1-3-8-22(15)16/h9,14,24H,1-8,10-12H2. The molecule has 0 bridgehead atoms. The average Bonchev–Trinajstić information content (AvgIpc) is 3.16. The predicted octanol–water partition coefficient (Wildman–Crippen LogP) is 0.925. The molecule has 0 saturated carbocycles. The summed E-state index contributed by atoms with van der Waals surface area (Å²) in [4.78, 5) is 2.44. The molecule has 1 saturated heterocycles. The van der Waals surface area contributed by atoms with Crippen LogP contribution in [0.1, 0.15) is 55.5 Å². The van der Waals surface area contributed by atoms with Gasteiger partial charge >= 0.3 is 0 Å². The van der Waals surface area contributed by atoms with Crippen LogP contribution in [0.15, 0.2) is 6.20 Å². The van der Waals surface area contributed by atoms with E-state index in [4.69, 9.17) is 5.11 Å². The van der Waals surface area contributed by atoms with Crippen molar-refractivity contribution in [2.75, 3.05) is 13.1 Å². The van der Waals surface area contributed by atoms with Crippen LogP contribution in [0, 0.1) is 0 Å². The zero-order valence-electron chi connectivity index (χ0n) is 14.0. The van der Waals surface area contributed by atoms with Gasteiger partial charge in [0.2, 0.25) is 0 Å². The van der Waals surface area contributed by atoms with Crippen molar-refractivity contribution >= 4 is 0 Å². The summed E-state index contributed by atoms with van der Waals surface area (Å²) in [6, 6.07) is 0.318. The molecule has 4 heterocycles. The summed E-state index contributed by atoms with van der Waals surface area (Å²) in [5.74, 6) is 2.25. The van der Waals surface area contributed by atoms with Gasteiger partial charge in [0.05, 0.1) is 25.4 Å². The summed E-state index contributed by atoms with van der Waals surface area (Å²) < 4.78 is 4.23. The second-order valence-corrected chi connectivity index (χ2v) is 6.87. The lowest BCUT2D eigenvalue weighted by molar-refractivity contribution is 0.156. The van der Waals surface area contributed by atoms with E-state index in [9.17, 15) is 0 Å². The highest BCUT2D eigenvalue weighted by Crippen LogP contribution is 2.23. The van der Waals surface area contributed by atoms with Gasteiger partial charge in [0.25, 0.3) is 0 Å². The number of aliphatic hydroxyl groups excluding tert-OH is 1. The maximum Gasteiger partial charge on any atom is 0.147 e. The summed E-state index contributed by atoms with van der Waals surface area (Å²) in [7, 11) is 0. The van der Waals surface area contributed by atoms with Crippen molar-refractivity contribution in [3.63, 3.8) is 0 Å². The fraction of sp³-hybridized carbons (Fsp3) is 0.750. The molecule has 4 rings (SSSR count). The van der Waals surface area contributed by atoms with E-state index in [0.717, 1.165) is 57.1 Å². The molecule has 0 spiro atoms. The Labute approximate surface area is 141 Å². The van der Waals surface area contributed by atoms with E-state index >= 15 is 0 Å². The normalized spacial score (nSPS) is 22.3. The van der Waals surface area contributed by atoms with Gasteiger partial charge < -0.3 is 9.67 Å². The third-order valence-electron chi connectivity index (χ3n) is 5.13. The van der Waals surface area contributed by atoms with Gasteiger partial charge in [0.15, 0.2) is 0 Å². The van der Waals surface area contributed by atoms with Crippen LogP contribution in [-0.2, 0) is 26.1 Å². The smallest absolute Gasteiger partial charge is 0.147 e. The number of aromatic nitrogens is 6. The van der Waals surface area contributed by atoms with E-state index in [-0.39, 0.29) is 6.61 Å². The number of hydrogen-bond acceptors (Lipinski definition) is 6. The third-order valence-corrected chi connectivity index (χ3v) is 5.13. The predicted molar refractivity (Wildman–Crippen MR) is 87.1 cm³/mol. The van der Waals surface area contributed by atoms with Gasteiger partial charge in [-0.25, -0.2) is 4.68 Å². The van der Waals surface area contributed by atoms with Gasteiger partial charge in [-0.05, 0) is 32.2 Å². The quantitative estimate of drug-likeness (QED) is 0.897. The van der Waals surface area contributed by atoms with Gasteiger partial charge in [-0.2, -0.15) is 0 Å². The molecule has 1 fully saturated rings. The Balaban J connectivity index is 1.44. The minimum absolute atomic E-state index is 0.0533.